The molecule has 0 bridgehead atoms. The quantitative estimate of drug-likeness (QED) is 0.405. The predicted molar refractivity (Wildman–Crippen MR) is 94.9 cm³/mol. The average molecular weight is 324 g/mol. The topological polar surface area (TPSA) is 164 Å². The van der Waals surface area contributed by atoms with Gasteiger partial charge in [0.25, 0.3) is 0 Å². The molecule has 3 rings (SSSR count). The Morgan fingerprint density at radius 2 is 0.958 bits per heavy atom. The molecule has 8 heteroatoms. The molecule has 0 fully saturated rings. The van der Waals surface area contributed by atoms with E-state index in [1.807, 2.05) is 0 Å². The number of fused-ring (bicyclic) bond motifs is 2. The van der Waals surface area contributed by atoms with Crippen molar-refractivity contribution in [1.82, 2.24) is 9.97 Å². The minimum Gasteiger partial charge on any atom is -0.383 e. The molecule has 0 unspecified atom stereocenters. The Balaban J connectivity index is 2.80. The first-order chi connectivity index (χ1) is 11.3. The molecule has 2 heterocycles. The summed E-state index contributed by atoms with van der Waals surface area (Å²) in [6.45, 7) is 3.53. The molecule has 3 aromatic rings. The van der Waals surface area contributed by atoms with E-state index in [0.717, 1.165) is 0 Å². The second-order valence-corrected chi connectivity index (χ2v) is 5.58. The Bertz CT molecular complexity index is 973. The maximum atomic E-state index is 11.5. The number of benzene rings is 1. The molecule has 0 aliphatic carbocycles. The highest BCUT2D eigenvalue weighted by atomic mass is 16.1. The van der Waals surface area contributed by atoms with E-state index >= 15 is 0 Å². The van der Waals surface area contributed by atoms with Gasteiger partial charge in [0.2, 0.25) is 0 Å². The first kappa shape index (κ1) is 15.5. The van der Waals surface area contributed by atoms with Gasteiger partial charge in [-0.3, -0.25) is 9.59 Å². The third-order valence-electron chi connectivity index (χ3n) is 4.32. The zero-order valence-corrected chi connectivity index (χ0v) is 13.2. The molecular formula is C16H16N6O2. The van der Waals surface area contributed by atoms with Crippen molar-refractivity contribution >= 4 is 57.4 Å². The van der Waals surface area contributed by atoms with Crippen molar-refractivity contribution in [3.63, 3.8) is 0 Å². The molecule has 8 nitrogen and oxygen atoms in total. The van der Waals surface area contributed by atoms with Gasteiger partial charge >= 0.3 is 0 Å². The van der Waals surface area contributed by atoms with Gasteiger partial charge in [-0.1, -0.05) is 0 Å². The van der Waals surface area contributed by atoms with E-state index in [1.165, 1.54) is 0 Å². The van der Waals surface area contributed by atoms with Gasteiger partial charge in [0.1, 0.15) is 23.3 Å². The van der Waals surface area contributed by atoms with E-state index < -0.39 is 0 Å². The number of carbonyl (C=O) groups excluding carboxylic acids is 2. The number of hydrogen-bond donors (Lipinski definition) is 4. The van der Waals surface area contributed by atoms with Crippen LogP contribution in [0.3, 0.4) is 0 Å². The summed E-state index contributed by atoms with van der Waals surface area (Å²) >= 11 is 0. The molecule has 0 radical (unpaired) electrons. The SMILES string of the molecule is Cc1c2c(N)nc(N)c(C=O)c2c(C)c2c(N)nc(N)c(C=O)c12. The Morgan fingerprint density at radius 3 is 1.25 bits per heavy atom. The number of rotatable bonds is 2. The van der Waals surface area contributed by atoms with Crippen molar-refractivity contribution in [1.29, 1.82) is 0 Å². The summed E-state index contributed by atoms with van der Waals surface area (Å²) in [5.74, 6) is 0.409. The van der Waals surface area contributed by atoms with Crippen molar-refractivity contribution < 1.29 is 9.59 Å². The summed E-state index contributed by atoms with van der Waals surface area (Å²) in [4.78, 5) is 31.1. The zero-order valence-electron chi connectivity index (χ0n) is 13.2. The number of carbonyl (C=O) groups is 2. The van der Waals surface area contributed by atoms with Crippen LogP contribution in [0.2, 0.25) is 0 Å². The van der Waals surface area contributed by atoms with E-state index in [0.29, 0.717) is 45.2 Å². The lowest BCUT2D eigenvalue weighted by atomic mass is 9.89. The van der Waals surface area contributed by atoms with Crippen molar-refractivity contribution in [2.24, 2.45) is 0 Å². The van der Waals surface area contributed by atoms with Crippen LogP contribution in [0.15, 0.2) is 0 Å². The van der Waals surface area contributed by atoms with Gasteiger partial charge in [0.05, 0.1) is 11.1 Å². The number of hydrogen-bond acceptors (Lipinski definition) is 8. The third kappa shape index (κ3) is 1.79. The lowest BCUT2D eigenvalue weighted by Gasteiger charge is -2.18. The standard InChI is InChI=1S/C16H16N6O2/c1-5-9-7(3-23)13(17)22-16(20)12(9)6(2)10-8(4-24)14(18)21-15(19)11(5)10/h3-4H,1-2H3,(H4,18,19,21)(H4,17,20,22). The molecule has 0 saturated carbocycles. The van der Waals surface area contributed by atoms with Gasteiger partial charge in [0.15, 0.2) is 12.6 Å². The Morgan fingerprint density at radius 1 is 0.625 bits per heavy atom. The lowest BCUT2D eigenvalue weighted by molar-refractivity contribution is 0.111. The molecule has 0 aliphatic rings. The number of aldehydes is 2. The summed E-state index contributed by atoms with van der Waals surface area (Å²) in [5.41, 5.74) is 25.5. The van der Waals surface area contributed by atoms with Crippen LogP contribution in [0.4, 0.5) is 23.3 Å². The Hall–Kier alpha value is -3.42. The van der Waals surface area contributed by atoms with Crippen molar-refractivity contribution in [3.8, 4) is 0 Å². The molecule has 24 heavy (non-hydrogen) atoms. The summed E-state index contributed by atoms with van der Waals surface area (Å²) in [5, 5.41) is 2.19. The largest absolute Gasteiger partial charge is 0.383 e. The van der Waals surface area contributed by atoms with E-state index in [9.17, 15) is 9.59 Å². The van der Waals surface area contributed by atoms with Gasteiger partial charge in [-0.05, 0) is 25.0 Å². The maximum Gasteiger partial charge on any atom is 0.154 e. The van der Waals surface area contributed by atoms with E-state index in [-0.39, 0.29) is 34.4 Å². The fourth-order valence-electron chi connectivity index (χ4n) is 3.30. The van der Waals surface area contributed by atoms with Crippen molar-refractivity contribution in [2.45, 2.75) is 13.8 Å². The zero-order chi connectivity index (χ0) is 17.8. The first-order valence-electron chi connectivity index (χ1n) is 7.10. The Labute approximate surface area is 136 Å². The van der Waals surface area contributed by atoms with Crippen LogP contribution in [-0.4, -0.2) is 22.5 Å². The fraction of sp³-hybridized carbons (Fsp3) is 0.125. The second kappa shape index (κ2) is 5.05. The molecular weight excluding hydrogens is 308 g/mol. The number of nitrogens with two attached hydrogens (primary N) is 4. The van der Waals surface area contributed by atoms with Crippen LogP contribution in [0, 0.1) is 13.8 Å². The van der Waals surface area contributed by atoms with Gasteiger partial charge in [-0.25, -0.2) is 9.97 Å². The predicted octanol–water partition coefficient (Wildman–Crippen LogP) is 1.35. The third-order valence-corrected chi connectivity index (χ3v) is 4.32. The summed E-state index contributed by atoms with van der Waals surface area (Å²) in [6.07, 6.45) is 1.26. The second-order valence-electron chi connectivity index (χ2n) is 5.58. The molecule has 0 spiro atoms. The minimum absolute atomic E-state index is 0.0365. The number of nitrogen functional groups attached to an aromatic ring is 4. The number of aryl methyl sites for hydroxylation is 2. The number of pyridine rings is 2. The van der Waals surface area contributed by atoms with Crippen LogP contribution in [0.25, 0.3) is 21.5 Å². The summed E-state index contributed by atoms with van der Waals surface area (Å²) in [6, 6.07) is 0. The van der Waals surface area contributed by atoms with E-state index in [2.05, 4.69) is 9.97 Å². The molecule has 1 aromatic carbocycles. The van der Waals surface area contributed by atoms with Gasteiger partial charge < -0.3 is 22.9 Å². The average Bonchev–Trinajstić information content (AvgIpc) is 2.51. The molecule has 122 valence electrons. The molecule has 0 aliphatic heterocycles. The molecule has 0 saturated heterocycles. The van der Waals surface area contributed by atoms with E-state index in [4.69, 9.17) is 22.9 Å². The molecule has 0 atom stereocenters. The maximum absolute atomic E-state index is 11.5. The fourth-order valence-corrected chi connectivity index (χ4v) is 3.30. The first-order valence-corrected chi connectivity index (χ1v) is 7.10. The van der Waals surface area contributed by atoms with E-state index in [1.54, 1.807) is 13.8 Å². The number of anilines is 4. The van der Waals surface area contributed by atoms with Gasteiger partial charge in [-0.2, -0.15) is 0 Å². The normalized spacial score (nSPS) is 11.1. The van der Waals surface area contributed by atoms with Gasteiger partial charge in [-0.15, -0.1) is 0 Å². The van der Waals surface area contributed by atoms with Crippen molar-refractivity contribution in [3.05, 3.63) is 22.3 Å². The van der Waals surface area contributed by atoms with Crippen LogP contribution in [-0.2, 0) is 0 Å². The molecule has 2 aromatic heterocycles. The number of nitrogens with zero attached hydrogens (tertiary/aromatic N) is 2. The monoisotopic (exact) mass is 324 g/mol. The smallest absolute Gasteiger partial charge is 0.154 e. The molecule has 8 N–H and O–H groups in total. The molecule has 0 amide bonds. The highest BCUT2D eigenvalue weighted by Gasteiger charge is 2.22. The van der Waals surface area contributed by atoms with Crippen LogP contribution in [0.1, 0.15) is 31.8 Å². The summed E-state index contributed by atoms with van der Waals surface area (Å²) < 4.78 is 0. The Kier molecular flexibility index (Phi) is 3.26. The van der Waals surface area contributed by atoms with Crippen molar-refractivity contribution in [2.75, 3.05) is 22.9 Å². The summed E-state index contributed by atoms with van der Waals surface area (Å²) in [7, 11) is 0. The van der Waals surface area contributed by atoms with Crippen LogP contribution in [0.5, 0.6) is 0 Å². The number of aromatic nitrogens is 2. The van der Waals surface area contributed by atoms with Gasteiger partial charge in [0, 0.05) is 21.5 Å². The van der Waals surface area contributed by atoms with Crippen LogP contribution >= 0.6 is 0 Å². The highest BCUT2D eigenvalue weighted by molar-refractivity contribution is 6.20. The lowest BCUT2D eigenvalue weighted by Crippen LogP contribution is -2.08. The highest BCUT2D eigenvalue weighted by Crippen LogP contribution is 2.41. The minimum atomic E-state index is 0.0365. The van der Waals surface area contributed by atoms with Crippen LogP contribution < -0.4 is 22.9 Å².